The van der Waals surface area contributed by atoms with Crippen molar-refractivity contribution in [2.75, 3.05) is 21.1 Å². The number of halogens is 6. The molecule has 8 heteroatoms. The second-order valence-corrected chi connectivity index (χ2v) is 10.9. The third kappa shape index (κ3) is 5.23. The van der Waals surface area contributed by atoms with E-state index in [-0.39, 0.29) is 29.5 Å². The van der Waals surface area contributed by atoms with Crippen molar-refractivity contribution in [2.45, 2.75) is 18.9 Å². The fourth-order valence-electron chi connectivity index (χ4n) is 5.21. The number of nitrogens with zero attached hydrogens (tertiary/aromatic N) is 1. The van der Waals surface area contributed by atoms with Crippen molar-refractivity contribution in [2.24, 2.45) is 0 Å². The Morgan fingerprint density at radius 3 is 1.70 bits per heavy atom. The minimum atomic E-state index is -4.98. The van der Waals surface area contributed by atoms with Gasteiger partial charge in [-0.25, -0.2) is 0 Å². The zero-order chi connectivity index (χ0) is 29.0. The van der Waals surface area contributed by atoms with Crippen LogP contribution in [-0.2, 0) is 18.9 Å². The van der Waals surface area contributed by atoms with Gasteiger partial charge >= 0.3 is 12.4 Å². The number of benzene rings is 5. The molecule has 5 aromatic carbocycles. The Kier molecular flexibility index (Phi) is 6.57. The van der Waals surface area contributed by atoms with E-state index in [2.05, 4.69) is 0 Å². The van der Waals surface area contributed by atoms with Crippen LogP contribution >= 0.6 is 0 Å². The molecule has 0 radical (unpaired) electrons. The lowest BCUT2D eigenvalue weighted by molar-refractivity contribution is -0.883. The average Bonchev–Trinajstić information content (AvgIpc) is 2.87. The Labute approximate surface area is 227 Å². The largest absolute Gasteiger partial charge is 0.507 e. The van der Waals surface area contributed by atoms with E-state index < -0.39 is 23.5 Å². The second kappa shape index (κ2) is 9.55. The van der Waals surface area contributed by atoms with Gasteiger partial charge in [-0.3, -0.25) is 0 Å². The first-order valence-corrected chi connectivity index (χ1v) is 12.5. The van der Waals surface area contributed by atoms with Crippen molar-refractivity contribution >= 4 is 21.5 Å². The number of fused-ring (bicyclic) bond motifs is 2. The summed E-state index contributed by atoms with van der Waals surface area (Å²) in [6.45, 7) is 0.260. The highest BCUT2D eigenvalue weighted by Crippen LogP contribution is 2.47. The third-order valence-electron chi connectivity index (χ3n) is 6.85. The molecule has 0 aliphatic rings. The molecule has 0 spiro atoms. The monoisotopic (exact) mass is 554 g/mol. The Bertz CT molecular complexity index is 1710. The number of phenolic OH excluding ortho intramolecular Hbond substituents is 1. The van der Waals surface area contributed by atoms with Crippen LogP contribution in [0.4, 0.5) is 26.3 Å². The van der Waals surface area contributed by atoms with Crippen molar-refractivity contribution in [3.05, 3.63) is 102 Å². The highest BCUT2D eigenvalue weighted by molar-refractivity contribution is 6.10. The van der Waals surface area contributed by atoms with Gasteiger partial charge in [-0.15, -0.1) is 0 Å². The van der Waals surface area contributed by atoms with E-state index in [1.807, 2.05) is 57.5 Å². The first-order chi connectivity index (χ1) is 18.6. The van der Waals surface area contributed by atoms with Crippen LogP contribution in [0.5, 0.6) is 5.75 Å². The summed E-state index contributed by atoms with van der Waals surface area (Å²) in [6.07, 6.45) is -9.96. The lowest BCUT2D eigenvalue weighted by Gasteiger charge is -2.29. The molecule has 40 heavy (non-hydrogen) atoms. The number of hydrogen-bond acceptors (Lipinski definition) is 1. The van der Waals surface area contributed by atoms with Gasteiger partial charge in [0.25, 0.3) is 0 Å². The summed E-state index contributed by atoms with van der Waals surface area (Å²) in [5.74, 6) is -0.0383. The summed E-state index contributed by atoms with van der Waals surface area (Å²) in [7, 11) is 5.66. The van der Waals surface area contributed by atoms with Crippen LogP contribution < -0.4 is 0 Å². The first kappa shape index (κ1) is 27.5. The van der Waals surface area contributed by atoms with Gasteiger partial charge < -0.3 is 9.59 Å². The van der Waals surface area contributed by atoms with Gasteiger partial charge in [0.2, 0.25) is 0 Å². The summed E-state index contributed by atoms with van der Waals surface area (Å²) in [6, 6.07) is 21.2. The average molecular weight is 555 g/mol. The van der Waals surface area contributed by atoms with Crippen LogP contribution in [0, 0.1) is 0 Å². The quantitative estimate of drug-likeness (QED) is 0.173. The Hall–Kier alpha value is -4.04. The molecule has 0 amide bonds. The van der Waals surface area contributed by atoms with Gasteiger partial charge in [-0.2, -0.15) is 26.3 Å². The van der Waals surface area contributed by atoms with Crippen molar-refractivity contribution in [3.63, 3.8) is 0 Å². The summed E-state index contributed by atoms with van der Waals surface area (Å²) >= 11 is 0. The molecule has 0 fully saturated rings. The molecule has 0 aliphatic heterocycles. The van der Waals surface area contributed by atoms with Crippen LogP contribution in [0.1, 0.15) is 16.7 Å². The molecule has 0 unspecified atom stereocenters. The van der Waals surface area contributed by atoms with Crippen LogP contribution in [0.2, 0.25) is 0 Å². The smallest absolute Gasteiger partial charge is 0.416 e. The standard InChI is InChI=1S/C32H25F6NO/c1-39(2,3)18-27-26(21-14-22(31(33,34)35)17-23(15-21)32(36,37)38)16-20-9-5-7-11-25(20)29(27)30-24-10-6-4-8-19(24)12-13-28(30)40/h4-17H,18H2,1-3H3/p+1. The second-order valence-electron chi connectivity index (χ2n) is 10.9. The van der Waals surface area contributed by atoms with E-state index in [4.69, 9.17) is 0 Å². The normalized spacial score (nSPS) is 12.8. The molecule has 1 N–H and O–H groups in total. The molecule has 206 valence electrons. The molecule has 0 heterocycles. The highest BCUT2D eigenvalue weighted by Gasteiger charge is 2.37. The number of rotatable bonds is 4. The van der Waals surface area contributed by atoms with Gasteiger partial charge in [0.1, 0.15) is 12.3 Å². The van der Waals surface area contributed by atoms with E-state index in [1.54, 1.807) is 30.3 Å². The molecule has 0 aromatic heterocycles. The number of aromatic hydroxyl groups is 1. The number of alkyl halides is 6. The van der Waals surface area contributed by atoms with Gasteiger partial charge in [0.05, 0.1) is 32.3 Å². The van der Waals surface area contributed by atoms with Crippen molar-refractivity contribution in [3.8, 4) is 28.0 Å². The van der Waals surface area contributed by atoms with E-state index >= 15 is 0 Å². The SMILES string of the molecule is C[N+](C)(C)Cc1c(-c2cc(C(F)(F)F)cc(C(F)(F)F)c2)cc2ccccc2c1-c1c(O)ccc2ccccc12. The molecule has 0 bridgehead atoms. The number of quaternary nitrogens is 1. The van der Waals surface area contributed by atoms with E-state index in [1.165, 1.54) is 0 Å². The van der Waals surface area contributed by atoms with E-state index in [0.717, 1.165) is 22.9 Å². The maximum absolute atomic E-state index is 13.8. The third-order valence-corrected chi connectivity index (χ3v) is 6.85. The van der Waals surface area contributed by atoms with Crippen LogP contribution in [0.3, 0.4) is 0 Å². The van der Waals surface area contributed by atoms with Crippen LogP contribution in [0.25, 0.3) is 43.8 Å². The topological polar surface area (TPSA) is 20.2 Å². The summed E-state index contributed by atoms with van der Waals surface area (Å²) in [5, 5.41) is 14.1. The lowest BCUT2D eigenvalue weighted by atomic mass is 9.84. The predicted octanol–water partition coefficient (Wildman–Crippen LogP) is 9.28. The zero-order valence-electron chi connectivity index (χ0n) is 22.0. The molecule has 0 aliphatic carbocycles. The minimum absolute atomic E-state index is 0.0383. The predicted molar refractivity (Wildman–Crippen MR) is 146 cm³/mol. The molecule has 0 atom stereocenters. The summed E-state index contributed by atoms with van der Waals surface area (Å²) in [4.78, 5) is 0. The van der Waals surface area contributed by atoms with Crippen molar-refractivity contribution < 1.29 is 35.9 Å². The van der Waals surface area contributed by atoms with E-state index in [9.17, 15) is 31.4 Å². The van der Waals surface area contributed by atoms with Gasteiger partial charge in [-0.1, -0.05) is 54.6 Å². The molecule has 5 aromatic rings. The maximum Gasteiger partial charge on any atom is 0.416 e. The Morgan fingerprint density at radius 2 is 1.15 bits per heavy atom. The van der Waals surface area contributed by atoms with Crippen molar-refractivity contribution in [1.82, 2.24) is 0 Å². The molecule has 0 saturated heterocycles. The summed E-state index contributed by atoms with van der Waals surface area (Å²) in [5.41, 5.74) is -1.13. The molecule has 0 saturated carbocycles. The van der Waals surface area contributed by atoms with Gasteiger partial charge in [0.15, 0.2) is 0 Å². The maximum atomic E-state index is 13.8. The number of phenols is 1. The highest BCUT2D eigenvalue weighted by atomic mass is 19.4. The molecular formula is C32H26F6NO+. The van der Waals surface area contributed by atoms with Crippen molar-refractivity contribution in [1.29, 1.82) is 0 Å². The fourth-order valence-corrected chi connectivity index (χ4v) is 5.21. The Balaban J connectivity index is 1.99. The minimum Gasteiger partial charge on any atom is -0.507 e. The fraction of sp³-hybridized carbons (Fsp3) is 0.188. The molecule has 5 rings (SSSR count). The first-order valence-electron chi connectivity index (χ1n) is 12.5. The molecule has 2 nitrogen and oxygen atoms in total. The lowest BCUT2D eigenvalue weighted by Crippen LogP contribution is -2.33. The van der Waals surface area contributed by atoms with Crippen LogP contribution in [-0.4, -0.2) is 30.7 Å². The summed E-state index contributed by atoms with van der Waals surface area (Å²) < 4.78 is 83.4. The van der Waals surface area contributed by atoms with Crippen LogP contribution in [0.15, 0.2) is 84.9 Å². The zero-order valence-corrected chi connectivity index (χ0v) is 22.0. The van der Waals surface area contributed by atoms with Gasteiger partial charge in [0, 0.05) is 16.7 Å². The van der Waals surface area contributed by atoms with Gasteiger partial charge in [-0.05, 0) is 63.0 Å². The van der Waals surface area contributed by atoms with E-state index in [0.29, 0.717) is 31.9 Å². The Morgan fingerprint density at radius 1 is 0.625 bits per heavy atom. The molecular weight excluding hydrogens is 528 g/mol. The number of hydrogen-bond donors (Lipinski definition) is 1.